The van der Waals surface area contributed by atoms with Crippen molar-refractivity contribution in [3.05, 3.63) is 0 Å². The average molecular weight is 201 g/mol. The lowest BCUT2D eigenvalue weighted by molar-refractivity contribution is -0.145. The first-order valence-electron chi connectivity index (χ1n) is 5.35. The maximum atomic E-state index is 11.3. The molecule has 4 nitrogen and oxygen atoms in total. The van der Waals surface area contributed by atoms with E-state index in [1.165, 1.54) is 0 Å². The van der Waals surface area contributed by atoms with E-state index in [-0.39, 0.29) is 18.6 Å². The Morgan fingerprint density at radius 1 is 1.43 bits per heavy atom. The van der Waals surface area contributed by atoms with E-state index in [2.05, 4.69) is 5.32 Å². The second-order valence-electron chi connectivity index (χ2n) is 3.60. The summed E-state index contributed by atoms with van der Waals surface area (Å²) in [6, 6.07) is -0.0761. The summed E-state index contributed by atoms with van der Waals surface area (Å²) in [6.07, 6.45) is 4.51. The molecule has 1 fully saturated rings. The van der Waals surface area contributed by atoms with Crippen LogP contribution in [-0.2, 0) is 9.53 Å². The molecule has 0 bridgehead atoms. The van der Waals surface area contributed by atoms with Crippen LogP contribution in [0.1, 0.15) is 32.1 Å². The van der Waals surface area contributed by atoms with Gasteiger partial charge in [0.25, 0.3) is 0 Å². The molecule has 0 aromatic heterocycles. The Morgan fingerprint density at radius 2 is 2.29 bits per heavy atom. The van der Waals surface area contributed by atoms with E-state index >= 15 is 0 Å². The second kappa shape index (κ2) is 6.79. The van der Waals surface area contributed by atoms with Crippen molar-refractivity contribution < 1.29 is 14.6 Å². The Balaban J connectivity index is 1.97. The summed E-state index contributed by atoms with van der Waals surface area (Å²) >= 11 is 0. The van der Waals surface area contributed by atoms with Crippen LogP contribution >= 0.6 is 0 Å². The molecule has 4 heteroatoms. The zero-order valence-corrected chi connectivity index (χ0v) is 8.50. The molecule has 1 atom stereocenters. The van der Waals surface area contributed by atoms with E-state index < -0.39 is 0 Å². The maximum Gasteiger partial charge on any atom is 0.323 e. The van der Waals surface area contributed by atoms with Gasteiger partial charge in [0.2, 0.25) is 0 Å². The van der Waals surface area contributed by atoms with Crippen LogP contribution in [0, 0.1) is 0 Å². The van der Waals surface area contributed by atoms with Gasteiger partial charge in [0, 0.05) is 6.61 Å². The molecular formula is C10H19NO3. The largest absolute Gasteiger partial charge is 0.465 e. The van der Waals surface area contributed by atoms with E-state index in [1.54, 1.807) is 0 Å². The minimum Gasteiger partial charge on any atom is -0.465 e. The standard InChI is InChI=1S/C10H19NO3/c12-7-2-1-3-8-14-10(13)9-5-4-6-11-9/h9,11-12H,1-8H2/t9-/m0/s1. The number of aliphatic hydroxyl groups is 1. The van der Waals surface area contributed by atoms with Crippen LogP contribution in [-0.4, -0.2) is 36.9 Å². The van der Waals surface area contributed by atoms with Gasteiger partial charge in [0.05, 0.1) is 6.61 Å². The van der Waals surface area contributed by atoms with Crippen molar-refractivity contribution >= 4 is 5.97 Å². The van der Waals surface area contributed by atoms with Crippen molar-refractivity contribution in [1.29, 1.82) is 0 Å². The van der Waals surface area contributed by atoms with Crippen LogP contribution in [0.2, 0.25) is 0 Å². The van der Waals surface area contributed by atoms with Gasteiger partial charge in [-0.1, -0.05) is 0 Å². The second-order valence-corrected chi connectivity index (χ2v) is 3.60. The highest BCUT2D eigenvalue weighted by Gasteiger charge is 2.22. The summed E-state index contributed by atoms with van der Waals surface area (Å²) in [4.78, 5) is 11.3. The number of rotatable bonds is 6. The summed E-state index contributed by atoms with van der Waals surface area (Å²) in [5.41, 5.74) is 0. The molecule has 1 heterocycles. The lowest BCUT2D eigenvalue weighted by atomic mass is 10.2. The van der Waals surface area contributed by atoms with E-state index in [0.29, 0.717) is 6.61 Å². The summed E-state index contributed by atoms with van der Waals surface area (Å²) in [5.74, 6) is -0.119. The number of ether oxygens (including phenoxy) is 1. The molecule has 14 heavy (non-hydrogen) atoms. The van der Waals surface area contributed by atoms with Crippen LogP contribution in [0.4, 0.5) is 0 Å². The molecule has 1 rings (SSSR count). The van der Waals surface area contributed by atoms with Gasteiger partial charge < -0.3 is 15.2 Å². The molecule has 82 valence electrons. The summed E-state index contributed by atoms with van der Waals surface area (Å²) in [7, 11) is 0. The van der Waals surface area contributed by atoms with Gasteiger partial charge in [-0.2, -0.15) is 0 Å². The fourth-order valence-electron chi connectivity index (χ4n) is 1.55. The number of carbonyl (C=O) groups excluding carboxylic acids is 1. The van der Waals surface area contributed by atoms with Crippen molar-refractivity contribution in [3.8, 4) is 0 Å². The number of nitrogens with one attached hydrogen (secondary N) is 1. The minimum atomic E-state index is -0.119. The summed E-state index contributed by atoms with van der Waals surface area (Å²) in [6.45, 7) is 1.62. The topological polar surface area (TPSA) is 58.6 Å². The quantitative estimate of drug-likeness (QED) is 0.484. The monoisotopic (exact) mass is 201 g/mol. The van der Waals surface area contributed by atoms with Crippen LogP contribution in [0.15, 0.2) is 0 Å². The summed E-state index contributed by atoms with van der Waals surface area (Å²) < 4.78 is 5.09. The molecule has 0 spiro atoms. The van der Waals surface area contributed by atoms with Gasteiger partial charge in [0.15, 0.2) is 0 Å². The first kappa shape index (κ1) is 11.5. The maximum absolute atomic E-state index is 11.3. The fourth-order valence-corrected chi connectivity index (χ4v) is 1.55. The Morgan fingerprint density at radius 3 is 2.93 bits per heavy atom. The van der Waals surface area contributed by atoms with Gasteiger partial charge in [-0.15, -0.1) is 0 Å². The van der Waals surface area contributed by atoms with E-state index in [9.17, 15) is 4.79 Å². The van der Waals surface area contributed by atoms with E-state index in [0.717, 1.165) is 38.6 Å². The van der Waals surface area contributed by atoms with Crippen LogP contribution in [0.3, 0.4) is 0 Å². The number of unbranched alkanes of at least 4 members (excludes halogenated alkanes) is 2. The molecule has 0 aliphatic carbocycles. The molecule has 0 radical (unpaired) electrons. The van der Waals surface area contributed by atoms with Crippen molar-refractivity contribution in [1.82, 2.24) is 5.32 Å². The first-order valence-corrected chi connectivity index (χ1v) is 5.35. The lowest BCUT2D eigenvalue weighted by Gasteiger charge is -2.09. The third-order valence-electron chi connectivity index (χ3n) is 2.39. The van der Waals surface area contributed by atoms with Crippen molar-refractivity contribution in [2.75, 3.05) is 19.8 Å². The van der Waals surface area contributed by atoms with Crippen LogP contribution in [0.5, 0.6) is 0 Å². The Bertz CT molecular complexity index is 167. The van der Waals surface area contributed by atoms with Gasteiger partial charge >= 0.3 is 5.97 Å². The van der Waals surface area contributed by atoms with E-state index in [4.69, 9.17) is 9.84 Å². The smallest absolute Gasteiger partial charge is 0.323 e. The van der Waals surface area contributed by atoms with Gasteiger partial charge in [-0.3, -0.25) is 4.79 Å². The zero-order valence-electron chi connectivity index (χ0n) is 8.50. The van der Waals surface area contributed by atoms with Gasteiger partial charge in [-0.05, 0) is 38.6 Å². The third kappa shape index (κ3) is 4.07. The number of hydrogen-bond acceptors (Lipinski definition) is 4. The minimum absolute atomic E-state index is 0.0761. The molecule has 2 N–H and O–H groups in total. The number of carbonyl (C=O) groups is 1. The third-order valence-corrected chi connectivity index (χ3v) is 2.39. The molecule has 1 aliphatic heterocycles. The lowest BCUT2D eigenvalue weighted by Crippen LogP contribution is -2.32. The van der Waals surface area contributed by atoms with Crippen molar-refractivity contribution in [2.24, 2.45) is 0 Å². The van der Waals surface area contributed by atoms with E-state index in [1.807, 2.05) is 0 Å². The Hall–Kier alpha value is -0.610. The highest BCUT2D eigenvalue weighted by molar-refractivity contribution is 5.76. The molecular weight excluding hydrogens is 182 g/mol. The molecule has 0 aromatic rings. The highest BCUT2D eigenvalue weighted by Crippen LogP contribution is 2.07. The Labute approximate surface area is 84.6 Å². The molecule has 0 amide bonds. The van der Waals surface area contributed by atoms with Gasteiger partial charge in [0.1, 0.15) is 6.04 Å². The van der Waals surface area contributed by atoms with Gasteiger partial charge in [-0.25, -0.2) is 0 Å². The molecule has 1 saturated heterocycles. The van der Waals surface area contributed by atoms with Crippen molar-refractivity contribution in [3.63, 3.8) is 0 Å². The number of aliphatic hydroxyl groups excluding tert-OH is 1. The summed E-state index contributed by atoms with van der Waals surface area (Å²) in [5, 5.41) is 11.6. The van der Waals surface area contributed by atoms with Crippen LogP contribution < -0.4 is 5.32 Å². The molecule has 0 aromatic carbocycles. The number of esters is 1. The molecule has 0 saturated carbocycles. The predicted octanol–water partition coefficient (Wildman–Crippen LogP) is 0.444. The first-order chi connectivity index (χ1) is 6.84. The SMILES string of the molecule is O=C(OCCCCCO)[C@@H]1CCCN1. The van der Waals surface area contributed by atoms with Crippen LogP contribution in [0.25, 0.3) is 0 Å². The molecule has 1 aliphatic rings. The fraction of sp³-hybridized carbons (Fsp3) is 0.900. The predicted molar refractivity (Wildman–Crippen MR) is 52.9 cm³/mol. The molecule has 0 unspecified atom stereocenters. The average Bonchev–Trinajstić information content (AvgIpc) is 2.70. The highest BCUT2D eigenvalue weighted by atomic mass is 16.5. The van der Waals surface area contributed by atoms with Crippen molar-refractivity contribution in [2.45, 2.75) is 38.1 Å². The zero-order chi connectivity index (χ0) is 10.2. The number of hydrogen-bond donors (Lipinski definition) is 2. The normalized spacial score (nSPS) is 21.1. The Kier molecular flexibility index (Phi) is 5.56.